The van der Waals surface area contributed by atoms with Crippen molar-refractivity contribution in [3.8, 4) is 0 Å². The van der Waals surface area contributed by atoms with Crippen LogP contribution in [0, 0.1) is 12.8 Å². The number of hydrogen-bond acceptors (Lipinski definition) is 2. The fourth-order valence-electron chi connectivity index (χ4n) is 2.16. The SMILES string of the molecule is Cc1cc2cc(NC(=O)COCC3CC3)ccc2[nH]1. The number of H-pyrrole nitrogens is 1. The van der Waals surface area contributed by atoms with Crippen LogP contribution < -0.4 is 5.32 Å². The molecule has 2 N–H and O–H groups in total. The van der Waals surface area contributed by atoms with Gasteiger partial charge in [-0.3, -0.25) is 4.79 Å². The first-order chi connectivity index (χ1) is 9.20. The lowest BCUT2D eigenvalue weighted by atomic mass is 10.2. The maximum absolute atomic E-state index is 11.7. The first-order valence-electron chi connectivity index (χ1n) is 6.68. The summed E-state index contributed by atoms with van der Waals surface area (Å²) < 4.78 is 5.36. The lowest BCUT2D eigenvalue weighted by Gasteiger charge is -2.06. The fraction of sp³-hybridized carbons (Fsp3) is 0.400. The van der Waals surface area contributed by atoms with Crippen LogP contribution in [0.2, 0.25) is 0 Å². The number of benzene rings is 1. The normalized spacial score (nSPS) is 14.8. The smallest absolute Gasteiger partial charge is 0.250 e. The number of aromatic amines is 1. The molecule has 4 heteroatoms. The Balaban J connectivity index is 1.58. The lowest BCUT2D eigenvalue weighted by Crippen LogP contribution is -2.18. The van der Waals surface area contributed by atoms with Crippen molar-refractivity contribution < 1.29 is 9.53 Å². The van der Waals surface area contributed by atoms with Crippen LogP contribution in [-0.2, 0) is 9.53 Å². The summed E-state index contributed by atoms with van der Waals surface area (Å²) in [6.07, 6.45) is 2.48. The van der Waals surface area contributed by atoms with E-state index in [2.05, 4.69) is 16.4 Å². The molecule has 0 bridgehead atoms. The molecule has 3 rings (SSSR count). The number of rotatable bonds is 5. The molecule has 0 saturated heterocycles. The van der Waals surface area contributed by atoms with Gasteiger partial charge in [0.1, 0.15) is 6.61 Å². The highest BCUT2D eigenvalue weighted by Crippen LogP contribution is 2.28. The molecular weight excluding hydrogens is 240 g/mol. The van der Waals surface area contributed by atoms with E-state index in [-0.39, 0.29) is 12.5 Å². The van der Waals surface area contributed by atoms with E-state index in [1.54, 1.807) is 0 Å². The molecule has 1 aliphatic rings. The number of amides is 1. The van der Waals surface area contributed by atoms with Gasteiger partial charge >= 0.3 is 0 Å². The molecule has 0 atom stereocenters. The number of hydrogen-bond donors (Lipinski definition) is 2. The van der Waals surface area contributed by atoms with Crippen molar-refractivity contribution in [2.24, 2.45) is 5.92 Å². The van der Waals surface area contributed by atoms with Gasteiger partial charge in [-0.05, 0) is 49.9 Å². The molecule has 1 aromatic heterocycles. The molecule has 1 saturated carbocycles. The summed E-state index contributed by atoms with van der Waals surface area (Å²) >= 11 is 0. The Hall–Kier alpha value is -1.81. The van der Waals surface area contributed by atoms with Gasteiger partial charge in [0, 0.05) is 22.3 Å². The second-order valence-corrected chi connectivity index (χ2v) is 5.26. The first kappa shape index (κ1) is 12.2. The molecule has 1 fully saturated rings. The number of aromatic nitrogens is 1. The molecule has 0 spiro atoms. The van der Waals surface area contributed by atoms with Gasteiger partial charge in [0.15, 0.2) is 0 Å². The van der Waals surface area contributed by atoms with Crippen LogP contribution in [0.4, 0.5) is 5.69 Å². The van der Waals surface area contributed by atoms with Gasteiger partial charge in [-0.15, -0.1) is 0 Å². The second kappa shape index (κ2) is 5.05. The zero-order valence-corrected chi connectivity index (χ0v) is 11.0. The van der Waals surface area contributed by atoms with Crippen molar-refractivity contribution in [3.63, 3.8) is 0 Å². The Kier molecular flexibility index (Phi) is 3.25. The number of carbonyl (C=O) groups is 1. The monoisotopic (exact) mass is 258 g/mol. The van der Waals surface area contributed by atoms with Gasteiger partial charge in [0.25, 0.3) is 0 Å². The largest absolute Gasteiger partial charge is 0.371 e. The van der Waals surface area contributed by atoms with Crippen LogP contribution in [0.1, 0.15) is 18.5 Å². The van der Waals surface area contributed by atoms with Crippen LogP contribution in [-0.4, -0.2) is 24.1 Å². The van der Waals surface area contributed by atoms with Crippen molar-refractivity contribution in [2.75, 3.05) is 18.5 Å². The predicted octanol–water partition coefficient (Wildman–Crippen LogP) is 2.84. The van der Waals surface area contributed by atoms with E-state index in [0.29, 0.717) is 12.5 Å². The van der Waals surface area contributed by atoms with Crippen molar-refractivity contribution in [3.05, 3.63) is 30.0 Å². The van der Waals surface area contributed by atoms with Crippen molar-refractivity contribution in [2.45, 2.75) is 19.8 Å². The fourth-order valence-corrected chi connectivity index (χ4v) is 2.16. The number of fused-ring (bicyclic) bond motifs is 1. The Bertz CT molecular complexity index is 599. The summed E-state index contributed by atoms with van der Waals surface area (Å²) in [6, 6.07) is 7.91. The van der Waals surface area contributed by atoms with Crippen molar-refractivity contribution >= 4 is 22.5 Å². The topological polar surface area (TPSA) is 54.1 Å². The molecular formula is C15H18N2O2. The maximum Gasteiger partial charge on any atom is 0.250 e. The van der Waals surface area contributed by atoms with E-state index in [1.807, 2.05) is 25.1 Å². The van der Waals surface area contributed by atoms with Gasteiger partial charge in [-0.2, -0.15) is 0 Å². The molecule has 0 unspecified atom stereocenters. The molecule has 100 valence electrons. The summed E-state index contributed by atoms with van der Waals surface area (Å²) in [5, 5.41) is 3.97. The van der Waals surface area contributed by atoms with E-state index in [4.69, 9.17) is 4.74 Å². The van der Waals surface area contributed by atoms with Gasteiger partial charge in [-0.1, -0.05) is 0 Å². The Morgan fingerprint density at radius 2 is 2.26 bits per heavy atom. The summed E-state index contributed by atoms with van der Waals surface area (Å²) in [7, 11) is 0. The predicted molar refractivity (Wildman–Crippen MR) is 75.2 cm³/mol. The standard InChI is InChI=1S/C15H18N2O2/c1-10-6-12-7-13(4-5-14(12)16-10)17-15(18)9-19-8-11-2-3-11/h4-7,11,16H,2-3,8-9H2,1H3,(H,17,18). The van der Waals surface area contributed by atoms with Crippen molar-refractivity contribution in [1.29, 1.82) is 0 Å². The van der Waals surface area contributed by atoms with E-state index >= 15 is 0 Å². The zero-order chi connectivity index (χ0) is 13.2. The van der Waals surface area contributed by atoms with Gasteiger partial charge in [-0.25, -0.2) is 0 Å². The van der Waals surface area contributed by atoms with E-state index in [9.17, 15) is 4.79 Å². The van der Waals surface area contributed by atoms with Crippen LogP contribution in [0.25, 0.3) is 10.9 Å². The molecule has 1 heterocycles. The first-order valence-corrected chi connectivity index (χ1v) is 6.68. The van der Waals surface area contributed by atoms with Crippen LogP contribution in [0.15, 0.2) is 24.3 Å². The Morgan fingerprint density at radius 1 is 1.42 bits per heavy atom. The lowest BCUT2D eigenvalue weighted by molar-refractivity contribution is -0.120. The highest BCUT2D eigenvalue weighted by Gasteiger charge is 2.21. The highest BCUT2D eigenvalue weighted by molar-refractivity contribution is 5.94. The Labute approximate surface area is 112 Å². The van der Waals surface area contributed by atoms with Gasteiger partial charge in [0.05, 0.1) is 6.61 Å². The summed E-state index contributed by atoms with van der Waals surface area (Å²) in [6.45, 7) is 2.87. The number of aryl methyl sites for hydroxylation is 1. The molecule has 1 amide bonds. The third-order valence-corrected chi connectivity index (χ3v) is 3.32. The number of ether oxygens (including phenoxy) is 1. The molecule has 1 aliphatic carbocycles. The molecule has 0 aliphatic heterocycles. The summed E-state index contributed by atoms with van der Waals surface area (Å²) in [5.74, 6) is 0.597. The minimum atomic E-state index is -0.0905. The van der Waals surface area contributed by atoms with Crippen LogP contribution in [0.5, 0.6) is 0 Å². The average Bonchev–Trinajstić information content (AvgIpc) is 3.09. The third-order valence-electron chi connectivity index (χ3n) is 3.32. The highest BCUT2D eigenvalue weighted by atomic mass is 16.5. The Morgan fingerprint density at radius 3 is 3.05 bits per heavy atom. The van der Waals surface area contributed by atoms with Crippen LogP contribution in [0.3, 0.4) is 0 Å². The van der Waals surface area contributed by atoms with E-state index in [0.717, 1.165) is 22.3 Å². The average molecular weight is 258 g/mol. The van der Waals surface area contributed by atoms with Gasteiger partial charge < -0.3 is 15.0 Å². The van der Waals surface area contributed by atoms with Crippen molar-refractivity contribution in [1.82, 2.24) is 4.98 Å². The third kappa shape index (κ3) is 3.15. The number of carbonyl (C=O) groups excluding carboxylic acids is 1. The van der Waals surface area contributed by atoms with Gasteiger partial charge in [0.2, 0.25) is 5.91 Å². The van der Waals surface area contributed by atoms with Crippen LogP contribution >= 0.6 is 0 Å². The second-order valence-electron chi connectivity index (χ2n) is 5.26. The summed E-state index contributed by atoms with van der Waals surface area (Å²) in [4.78, 5) is 15.0. The molecule has 19 heavy (non-hydrogen) atoms. The molecule has 0 radical (unpaired) electrons. The molecule has 1 aromatic carbocycles. The summed E-state index contributed by atoms with van der Waals surface area (Å²) in [5.41, 5.74) is 3.01. The minimum absolute atomic E-state index is 0.0905. The number of anilines is 1. The molecule has 2 aromatic rings. The zero-order valence-electron chi connectivity index (χ0n) is 11.0. The van der Waals surface area contributed by atoms with E-state index < -0.39 is 0 Å². The maximum atomic E-state index is 11.7. The molecule has 4 nitrogen and oxygen atoms in total. The van der Waals surface area contributed by atoms with E-state index in [1.165, 1.54) is 12.8 Å². The quantitative estimate of drug-likeness (QED) is 0.866. The number of nitrogens with one attached hydrogen (secondary N) is 2. The minimum Gasteiger partial charge on any atom is -0.371 e.